The Hall–Kier alpha value is -1.79. The van der Waals surface area contributed by atoms with Crippen molar-refractivity contribution < 1.29 is 22.7 Å². The second-order valence-electron chi connectivity index (χ2n) is 2.57. The Balaban J connectivity index is 3.32. The molecule has 0 atom stereocenters. The van der Waals surface area contributed by atoms with Crippen molar-refractivity contribution in [3.63, 3.8) is 0 Å². The molecule has 0 aromatic carbocycles. The summed E-state index contributed by atoms with van der Waals surface area (Å²) in [5, 5.41) is 0. The summed E-state index contributed by atoms with van der Waals surface area (Å²) in [7, 11) is 1.01. The zero-order valence-corrected chi connectivity index (χ0v) is 7.51. The highest BCUT2D eigenvalue weighted by atomic mass is 19.3. The van der Waals surface area contributed by atoms with Gasteiger partial charge in [0.25, 0.3) is 6.43 Å². The molecule has 82 valence electrons. The fraction of sp³-hybridized carbons (Fsp3) is 0.250. The van der Waals surface area contributed by atoms with Crippen molar-refractivity contribution >= 4 is 5.97 Å². The van der Waals surface area contributed by atoms with Crippen molar-refractivity contribution in [3.05, 3.63) is 33.5 Å². The molecule has 1 aromatic heterocycles. The number of aromatic nitrogens is 1. The fourth-order valence-electron chi connectivity index (χ4n) is 0.962. The van der Waals surface area contributed by atoms with Gasteiger partial charge in [0.15, 0.2) is 5.43 Å². The summed E-state index contributed by atoms with van der Waals surface area (Å²) in [5.41, 5.74) is -3.05. The minimum atomic E-state index is -3.24. The number of hydrogen-bond acceptors (Lipinski definition) is 3. The Bertz CT molecular complexity index is 441. The van der Waals surface area contributed by atoms with Crippen LogP contribution in [-0.2, 0) is 4.74 Å². The van der Waals surface area contributed by atoms with Crippen molar-refractivity contribution in [1.82, 2.24) is 4.98 Å². The van der Waals surface area contributed by atoms with Gasteiger partial charge in [-0.2, -0.15) is 4.39 Å². The predicted octanol–water partition coefficient (Wildman–Crippen LogP) is 1.24. The molecule has 1 aromatic rings. The van der Waals surface area contributed by atoms with E-state index in [1.54, 1.807) is 4.98 Å². The normalized spacial score (nSPS) is 10.5. The van der Waals surface area contributed by atoms with E-state index in [9.17, 15) is 22.8 Å². The molecular formula is C8H6F3NO3. The molecular weight excluding hydrogens is 215 g/mol. The summed E-state index contributed by atoms with van der Waals surface area (Å²) in [6.45, 7) is 0. The lowest BCUT2D eigenvalue weighted by atomic mass is 10.2. The van der Waals surface area contributed by atoms with E-state index in [-0.39, 0.29) is 0 Å². The first-order chi connectivity index (χ1) is 6.97. The quantitative estimate of drug-likeness (QED) is 0.603. The number of carbonyl (C=O) groups excluding carboxylic acids is 1. The van der Waals surface area contributed by atoms with E-state index in [1.165, 1.54) is 0 Å². The number of rotatable bonds is 2. The van der Waals surface area contributed by atoms with Crippen molar-refractivity contribution in [2.24, 2.45) is 0 Å². The molecule has 1 N–H and O–H groups in total. The number of alkyl halides is 2. The zero-order valence-electron chi connectivity index (χ0n) is 7.51. The van der Waals surface area contributed by atoms with E-state index in [1.807, 2.05) is 0 Å². The molecule has 4 nitrogen and oxygen atoms in total. The standard InChI is InChI=1S/C8H6F3NO3/c1-15-8(14)3-2-4(13)5(6(9)10)7(11)12-3/h2,6H,1H3,(H,12,13). The summed E-state index contributed by atoms with van der Waals surface area (Å²) in [6.07, 6.45) is -3.24. The second-order valence-corrected chi connectivity index (χ2v) is 2.57. The molecule has 0 fully saturated rings. The summed E-state index contributed by atoms with van der Waals surface area (Å²) in [6, 6.07) is 0.566. The lowest BCUT2D eigenvalue weighted by Crippen LogP contribution is -2.18. The Morgan fingerprint density at radius 1 is 1.53 bits per heavy atom. The number of hydrogen-bond donors (Lipinski definition) is 1. The monoisotopic (exact) mass is 221 g/mol. The molecule has 0 spiro atoms. The highest BCUT2D eigenvalue weighted by Crippen LogP contribution is 2.17. The highest BCUT2D eigenvalue weighted by Gasteiger charge is 2.20. The first-order valence-corrected chi connectivity index (χ1v) is 3.76. The average Bonchev–Trinajstić information content (AvgIpc) is 2.14. The van der Waals surface area contributed by atoms with Gasteiger partial charge in [-0.25, -0.2) is 13.6 Å². The van der Waals surface area contributed by atoms with Crippen LogP contribution in [0.1, 0.15) is 22.5 Å². The molecule has 7 heteroatoms. The van der Waals surface area contributed by atoms with E-state index in [0.29, 0.717) is 6.07 Å². The van der Waals surface area contributed by atoms with Crippen molar-refractivity contribution in [1.29, 1.82) is 0 Å². The van der Waals surface area contributed by atoms with E-state index >= 15 is 0 Å². The number of H-pyrrole nitrogens is 1. The van der Waals surface area contributed by atoms with E-state index in [2.05, 4.69) is 4.74 Å². The number of halogens is 3. The van der Waals surface area contributed by atoms with Gasteiger partial charge < -0.3 is 9.72 Å². The molecule has 1 heterocycles. The van der Waals surface area contributed by atoms with Crippen molar-refractivity contribution in [2.75, 3.05) is 7.11 Å². The number of methoxy groups -OCH3 is 1. The number of ether oxygens (including phenoxy) is 1. The maximum absolute atomic E-state index is 12.9. The van der Waals surface area contributed by atoms with E-state index < -0.39 is 35.0 Å². The third-order valence-corrected chi connectivity index (χ3v) is 1.65. The molecule has 0 bridgehead atoms. The van der Waals surface area contributed by atoms with Crippen molar-refractivity contribution in [2.45, 2.75) is 6.43 Å². The predicted molar refractivity (Wildman–Crippen MR) is 43.3 cm³/mol. The van der Waals surface area contributed by atoms with Crippen LogP contribution in [0.2, 0.25) is 0 Å². The zero-order chi connectivity index (χ0) is 11.6. The molecule has 0 aliphatic heterocycles. The Morgan fingerprint density at radius 3 is 2.53 bits per heavy atom. The van der Waals surface area contributed by atoms with E-state index in [0.717, 1.165) is 7.11 Å². The van der Waals surface area contributed by atoms with Gasteiger partial charge in [-0.3, -0.25) is 4.79 Å². The van der Waals surface area contributed by atoms with E-state index in [4.69, 9.17) is 0 Å². The summed E-state index contributed by atoms with van der Waals surface area (Å²) < 4.78 is 41.4. The molecule has 0 aliphatic carbocycles. The minimum Gasteiger partial charge on any atom is -0.464 e. The number of esters is 1. The maximum atomic E-state index is 12.9. The lowest BCUT2D eigenvalue weighted by Gasteiger charge is -2.03. The van der Waals surface area contributed by atoms with Gasteiger partial charge in [-0.15, -0.1) is 0 Å². The number of carbonyl (C=O) groups is 1. The first kappa shape index (κ1) is 11.3. The Labute approximate surface area is 81.7 Å². The molecule has 0 radical (unpaired) electrons. The molecule has 1 rings (SSSR count). The van der Waals surface area contributed by atoms with Crippen LogP contribution in [0.15, 0.2) is 10.9 Å². The maximum Gasteiger partial charge on any atom is 0.354 e. The third kappa shape index (κ3) is 2.17. The SMILES string of the molecule is COC(=O)c1cc(=O)c(C(F)F)c(F)[nH]1. The van der Waals surface area contributed by atoms with Gasteiger partial charge in [0.1, 0.15) is 11.3 Å². The molecule has 15 heavy (non-hydrogen) atoms. The van der Waals surface area contributed by atoms with Crippen molar-refractivity contribution in [3.8, 4) is 0 Å². The van der Waals surface area contributed by atoms with Gasteiger partial charge in [0, 0.05) is 6.07 Å². The Morgan fingerprint density at radius 2 is 2.13 bits per heavy atom. The second kappa shape index (κ2) is 4.16. The summed E-state index contributed by atoms with van der Waals surface area (Å²) >= 11 is 0. The fourth-order valence-corrected chi connectivity index (χ4v) is 0.962. The lowest BCUT2D eigenvalue weighted by molar-refractivity contribution is 0.0591. The highest BCUT2D eigenvalue weighted by molar-refractivity contribution is 5.87. The van der Waals surface area contributed by atoms with Crippen LogP contribution in [0.3, 0.4) is 0 Å². The van der Waals surface area contributed by atoms with Gasteiger partial charge in [0.05, 0.1) is 7.11 Å². The van der Waals surface area contributed by atoms with Crippen LogP contribution in [0.25, 0.3) is 0 Å². The average molecular weight is 221 g/mol. The molecule has 0 saturated carbocycles. The molecule has 0 unspecified atom stereocenters. The molecule has 0 aliphatic rings. The van der Waals surface area contributed by atoms with Crippen LogP contribution in [-0.4, -0.2) is 18.1 Å². The minimum absolute atomic E-state index is 0.510. The van der Waals surface area contributed by atoms with Crippen LogP contribution in [0, 0.1) is 5.95 Å². The smallest absolute Gasteiger partial charge is 0.354 e. The van der Waals surface area contributed by atoms with Gasteiger partial charge in [-0.1, -0.05) is 0 Å². The van der Waals surface area contributed by atoms with Gasteiger partial charge in [-0.05, 0) is 0 Å². The number of nitrogens with one attached hydrogen (secondary N) is 1. The van der Waals surface area contributed by atoms with Crippen LogP contribution in [0.4, 0.5) is 13.2 Å². The number of aromatic amines is 1. The topological polar surface area (TPSA) is 59.2 Å². The van der Waals surface area contributed by atoms with Gasteiger partial charge in [0.2, 0.25) is 5.95 Å². The Kier molecular flexibility index (Phi) is 3.13. The molecule has 0 saturated heterocycles. The first-order valence-electron chi connectivity index (χ1n) is 3.76. The van der Waals surface area contributed by atoms with Crippen LogP contribution in [0.5, 0.6) is 0 Å². The van der Waals surface area contributed by atoms with Crippen LogP contribution < -0.4 is 5.43 Å². The molecule has 0 amide bonds. The largest absolute Gasteiger partial charge is 0.464 e. The third-order valence-electron chi connectivity index (χ3n) is 1.65. The summed E-state index contributed by atoms with van der Waals surface area (Å²) in [4.78, 5) is 23.6. The van der Waals surface area contributed by atoms with Crippen LogP contribution >= 0.6 is 0 Å². The number of pyridine rings is 1. The van der Waals surface area contributed by atoms with Gasteiger partial charge >= 0.3 is 5.97 Å². The summed E-state index contributed by atoms with van der Waals surface area (Å²) in [5.74, 6) is -2.54.